The lowest BCUT2D eigenvalue weighted by atomic mass is 10.0. The van der Waals surface area contributed by atoms with Crippen LogP contribution in [0.1, 0.15) is 12.8 Å². The summed E-state index contributed by atoms with van der Waals surface area (Å²) < 4.78 is 33.2. The third kappa shape index (κ3) is 3.13. The normalized spacial score (nSPS) is 14.0. The Balaban J connectivity index is 1.60. The summed E-state index contributed by atoms with van der Waals surface area (Å²) in [6.45, 7) is 0. The van der Waals surface area contributed by atoms with Crippen LogP contribution >= 0.6 is 11.3 Å². The van der Waals surface area contributed by atoms with Crippen molar-refractivity contribution in [2.45, 2.75) is 18.9 Å². The molecule has 0 saturated heterocycles. The number of benzene rings is 2. The number of rotatable bonds is 4. The van der Waals surface area contributed by atoms with Crippen LogP contribution in [0.3, 0.4) is 0 Å². The second-order valence-electron chi connectivity index (χ2n) is 5.64. The van der Waals surface area contributed by atoms with Crippen molar-refractivity contribution < 1.29 is 13.5 Å². The highest BCUT2D eigenvalue weighted by Crippen LogP contribution is 2.33. The lowest BCUT2D eigenvalue weighted by Crippen LogP contribution is -1.95. The van der Waals surface area contributed by atoms with E-state index in [1.807, 2.05) is 30.3 Å². The molecule has 1 saturated carbocycles. The average Bonchev–Trinajstić information content (AvgIpc) is 3.26. The molecule has 4 heteroatoms. The summed E-state index contributed by atoms with van der Waals surface area (Å²) in [5.74, 6) is 0.505. The molecular weight excluding hydrogens is 314 g/mol. The minimum Gasteiger partial charge on any atom is -0.490 e. The van der Waals surface area contributed by atoms with E-state index in [9.17, 15) is 8.78 Å². The molecule has 2 aromatic carbocycles. The molecule has 4 rings (SSSR count). The fourth-order valence-corrected chi connectivity index (χ4v) is 3.22. The fraction of sp³-hybridized carbons (Fsp3) is 0.158. The smallest absolute Gasteiger partial charge is 0.176 e. The molecule has 0 unspecified atom stereocenters. The predicted molar refractivity (Wildman–Crippen MR) is 88.8 cm³/mol. The largest absolute Gasteiger partial charge is 0.490 e. The third-order valence-electron chi connectivity index (χ3n) is 3.82. The first-order valence-electron chi connectivity index (χ1n) is 7.51. The highest BCUT2D eigenvalue weighted by atomic mass is 32.1. The monoisotopic (exact) mass is 328 g/mol. The van der Waals surface area contributed by atoms with Gasteiger partial charge in [0.05, 0.1) is 6.10 Å². The van der Waals surface area contributed by atoms with Crippen LogP contribution in [0.2, 0.25) is 0 Å². The Hall–Kier alpha value is -2.20. The molecule has 0 atom stereocenters. The van der Waals surface area contributed by atoms with Crippen LogP contribution in [-0.4, -0.2) is 6.10 Å². The van der Waals surface area contributed by atoms with E-state index in [1.165, 1.54) is 12.1 Å². The standard InChI is InChI=1S/C19H14F2OS/c20-17-11-13(3-8-16(17)18-9-10-19(21)23-18)12-1-4-14(5-2-12)22-15-6-7-15/h1-5,8-11,15H,6-7H2. The van der Waals surface area contributed by atoms with Crippen LogP contribution < -0.4 is 4.74 Å². The number of thiophene rings is 1. The van der Waals surface area contributed by atoms with E-state index >= 15 is 0 Å². The fourth-order valence-electron chi connectivity index (χ4n) is 2.46. The van der Waals surface area contributed by atoms with Crippen LogP contribution in [0, 0.1) is 10.9 Å². The highest BCUT2D eigenvalue weighted by Gasteiger charge is 2.23. The van der Waals surface area contributed by atoms with Crippen LogP contribution in [0.15, 0.2) is 54.6 Å². The molecule has 1 heterocycles. The van der Waals surface area contributed by atoms with Gasteiger partial charge in [0, 0.05) is 10.4 Å². The van der Waals surface area contributed by atoms with E-state index < -0.39 is 0 Å². The molecule has 0 spiro atoms. The van der Waals surface area contributed by atoms with Gasteiger partial charge in [-0.1, -0.05) is 18.2 Å². The van der Waals surface area contributed by atoms with Crippen molar-refractivity contribution in [3.05, 3.63) is 65.5 Å². The molecule has 0 radical (unpaired) electrons. The van der Waals surface area contributed by atoms with Crippen molar-refractivity contribution in [2.75, 3.05) is 0 Å². The third-order valence-corrected chi connectivity index (χ3v) is 4.73. The van der Waals surface area contributed by atoms with Crippen LogP contribution in [-0.2, 0) is 0 Å². The van der Waals surface area contributed by atoms with Crippen molar-refractivity contribution in [2.24, 2.45) is 0 Å². The van der Waals surface area contributed by atoms with E-state index in [1.54, 1.807) is 12.1 Å². The Morgan fingerprint density at radius 1 is 0.870 bits per heavy atom. The molecule has 1 aromatic heterocycles. The van der Waals surface area contributed by atoms with Crippen molar-refractivity contribution in [3.63, 3.8) is 0 Å². The van der Waals surface area contributed by atoms with E-state index in [0.29, 0.717) is 16.5 Å². The number of hydrogen-bond acceptors (Lipinski definition) is 2. The molecule has 0 amide bonds. The topological polar surface area (TPSA) is 9.23 Å². The molecular formula is C19H14F2OS. The predicted octanol–water partition coefficient (Wildman–Crippen LogP) is 5.90. The summed E-state index contributed by atoms with van der Waals surface area (Å²) in [4.78, 5) is 0.597. The second kappa shape index (κ2) is 5.78. The zero-order chi connectivity index (χ0) is 15.8. The van der Waals surface area contributed by atoms with Gasteiger partial charge in [-0.3, -0.25) is 0 Å². The Kier molecular flexibility index (Phi) is 3.62. The summed E-state index contributed by atoms with van der Waals surface area (Å²) in [5, 5.41) is -0.310. The van der Waals surface area contributed by atoms with E-state index in [-0.39, 0.29) is 10.9 Å². The van der Waals surface area contributed by atoms with Crippen molar-refractivity contribution in [1.82, 2.24) is 0 Å². The molecule has 23 heavy (non-hydrogen) atoms. The Bertz CT molecular complexity index is 835. The van der Waals surface area contributed by atoms with Gasteiger partial charge in [0.15, 0.2) is 5.13 Å². The molecule has 1 aliphatic rings. The number of hydrogen-bond donors (Lipinski definition) is 0. The van der Waals surface area contributed by atoms with Crippen LogP contribution in [0.25, 0.3) is 21.6 Å². The van der Waals surface area contributed by atoms with Gasteiger partial charge in [-0.2, -0.15) is 4.39 Å². The van der Waals surface area contributed by atoms with Gasteiger partial charge in [-0.05, 0) is 60.4 Å². The minimum atomic E-state index is -0.345. The van der Waals surface area contributed by atoms with Gasteiger partial charge >= 0.3 is 0 Å². The first kappa shape index (κ1) is 14.4. The lowest BCUT2D eigenvalue weighted by molar-refractivity contribution is 0.303. The van der Waals surface area contributed by atoms with Gasteiger partial charge in [0.2, 0.25) is 0 Å². The van der Waals surface area contributed by atoms with Gasteiger partial charge in [-0.15, -0.1) is 11.3 Å². The molecule has 0 bridgehead atoms. The van der Waals surface area contributed by atoms with Crippen LogP contribution in [0.4, 0.5) is 8.78 Å². The SMILES string of the molecule is Fc1ccc(-c2ccc(-c3ccc(OC4CC4)cc3)cc2F)s1. The molecule has 0 N–H and O–H groups in total. The van der Waals surface area contributed by atoms with Crippen molar-refractivity contribution >= 4 is 11.3 Å². The number of ether oxygens (including phenoxy) is 1. The average molecular weight is 328 g/mol. The molecule has 1 aliphatic carbocycles. The summed E-state index contributed by atoms with van der Waals surface area (Å²) in [5.41, 5.74) is 2.15. The Morgan fingerprint density at radius 3 is 2.22 bits per heavy atom. The molecule has 3 aromatic rings. The lowest BCUT2D eigenvalue weighted by Gasteiger charge is -2.07. The zero-order valence-corrected chi connectivity index (χ0v) is 13.1. The van der Waals surface area contributed by atoms with E-state index in [4.69, 9.17) is 4.74 Å². The van der Waals surface area contributed by atoms with Gasteiger partial charge in [0.25, 0.3) is 0 Å². The quantitative estimate of drug-likeness (QED) is 0.579. The number of halogens is 2. The Morgan fingerprint density at radius 2 is 1.61 bits per heavy atom. The zero-order valence-electron chi connectivity index (χ0n) is 12.3. The molecule has 1 fully saturated rings. The van der Waals surface area contributed by atoms with E-state index in [0.717, 1.165) is 41.1 Å². The summed E-state index contributed by atoms with van der Waals surface area (Å²) in [6.07, 6.45) is 2.61. The van der Waals surface area contributed by atoms with Crippen LogP contribution in [0.5, 0.6) is 5.75 Å². The maximum absolute atomic E-state index is 14.3. The maximum atomic E-state index is 14.3. The highest BCUT2D eigenvalue weighted by molar-refractivity contribution is 7.13. The first-order valence-corrected chi connectivity index (χ1v) is 8.33. The van der Waals surface area contributed by atoms with Crippen molar-refractivity contribution in [3.8, 4) is 27.3 Å². The van der Waals surface area contributed by atoms with Crippen molar-refractivity contribution in [1.29, 1.82) is 0 Å². The molecule has 1 nitrogen and oxygen atoms in total. The summed E-state index contributed by atoms with van der Waals surface area (Å²) in [7, 11) is 0. The minimum absolute atomic E-state index is 0.310. The van der Waals surface area contributed by atoms with Gasteiger partial charge in [0.1, 0.15) is 11.6 Å². The summed E-state index contributed by atoms with van der Waals surface area (Å²) in [6, 6.07) is 15.7. The van der Waals surface area contributed by atoms with Gasteiger partial charge in [-0.25, -0.2) is 4.39 Å². The second-order valence-corrected chi connectivity index (χ2v) is 6.67. The van der Waals surface area contributed by atoms with E-state index in [2.05, 4.69) is 0 Å². The molecule has 0 aliphatic heterocycles. The summed E-state index contributed by atoms with van der Waals surface area (Å²) >= 11 is 0.947. The maximum Gasteiger partial charge on any atom is 0.176 e. The Labute approximate surface area is 137 Å². The first-order chi connectivity index (χ1) is 11.2. The molecule has 116 valence electrons. The van der Waals surface area contributed by atoms with Gasteiger partial charge < -0.3 is 4.74 Å².